The first-order valence-electron chi connectivity index (χ1n) is 17.4. The summed E-state index contributed by atoms with van der Waals surface area (Å²) in [7, 11) is 0. The molecule has 0 spiro atoms. The Morgan fingerprint density at radius 2 is 1.31 bits per heavy atom. The summed E-state index contributed by atoms with van der Waals surface area (Å²) in [6.07, 6.45) is 7.55. The molecule has 5 aromatic rings. The number of pyridine rings is 1. The molecule has 1 aromatic heterocycles. The normalized spacial score (nSPS) is 14.9. The first-order valence-corrected chi connectivity index (χ1v) is 17.4. The average molecular weight is 634 g/mol. The number of hydrogen-bond donors (Lipinski definition) is 0. The highest BCUT2D eigenvalue weighted by atomic mass is 15.5. The lowest BCUT2D eigenvalue weighted by atomic mass is 9.95. The molecule has 0 saturated carbocycles. The van der Waals surface area contributed by atoms with Crippen LogP contribution in [0.5, 0.6) is 0 Å². The number of para-hydroxylation sites is 1. The fourth-order valence-electron chi connectivity index (χ4n) is 6.63. The Labute approximate surface area is 286 Å². The first kappa shape index (κ1) is 32.8. The van der Waals surface area contributed by atoms with Crippen LogP contribution >= 0.6 is 0 Å². The van der Waals surface area contributed by atoms with Crippen LogP contribution in [0.15, 0.2) is 126 Å². The number of allylic oxidation sites excluding steroid dienone is 1. The van der Waals surface area contributed by atoms with E-state index in [0.717, 1.165) is 49.6 Å². The highest BCUT2D eigenvalue weighted by Gasteiger charge is 2.27. The van der Waals surface area contributed by atoms with Crippen LogP contribution in [0.3, 0.4) is 0 Å². The van der Waals surface area contributed by atoms with Gasteiger partial charge < -0.3 is 9.80 Å². The molecule has 2 heterocycles. The minimum absolute atomic E-state index is 0.0221. The zero-order valence-corrected chi connectivity index (χ0v) is 29.0. The second-order valence-electron chi connectivity index (χ2n) is 12.3. The molecule has 0 aliphatic carbocycles. The van der Waals surface area contributed by atoms with Gasteiger partial charge in [-0.25, -0.2) is 9.99 Å². The summed E-state index contributed by atoms with van der Waals surface area (Å²) in [6, 6.07) is 39.0. The van der Waals surface area contributed by atoms with E-state index in [1.54, 1.807) is 0 Å². The van der Waals surface area contributed by atoms with Crippen LogP contribution in [0.4, 0.5) is 17.2 Å². The molecule has 5 nitrogen and oxygen atoms in total. The van der Waals surface area contributed by atoms with Crippen molar-refractivity contribution in [2.24, 2.45) is 5.10 Å². The fourth-order valence-corrected chi connectivity index (χ4v) is 6.63. The number of hydrogen-bond acceptors (Lipinski definition) is 5. The maximum absolute atomic E-state index is 5.27. The van der Waals surface area contributed by atoms with Gasteiger partial charge in [0.15, 0.2) is 0 Å². The molecular formula is C43H47N5. The molecule has 0 amide bonds. The van der Waals surface area contributed by atoms with Crippen LogP contribution < -0.4 is 14.8 Å². The SMILES string of the molecule is CCN(CC)c1ccc(C=CC2CC(C=C(c3ccccc3)c3ccc(N(CC)CC)cc3)=NN2c2cc(C)c3ccccc3n2)cc1. The number of nitrogens with zero attached hydrogens (tertiary/aromatic N) is 5. The molecular weight excluding hydrogens is 587 g/mol. The molecule has 0 radical (unpaired) electrons. The summed E-state index contributed by atoms with van der Waals surface area (Å²) in [5.74, 6) is 0.867. The van der Waals surface area contributed by atoms with E-state index in [4.69, 9.17) is 10.1 Å². The smallest absolute Gasteiger partial charge is 0.150 e. The van der Waals surface area contributed by atoms with Crippen LogP contribution in [-0.2, 0) is 0 Å². The summed E-state index contributed by atoms with van der Waals surface area (Å²) in [4.78, 5) is 9.84. The highest BCUT2D eigenvalue weighted by molar-refractivity contribution is 6.06. The molecule has 0 saturated heterocycles. The molecule has 244 valence electrons. The van der Waals surface area contributed by atoms with Crippen LogP contribution in [0.2, 0.25) is 0 Å². The van der Waals surface area contributed by atoms with Crippen LogP contribution in [0.25, 0.3) is 22.6 Å². The molecule has 48 heavy (non-hydrogen) atoms. The van der Waals surface area contributed by atoms with Crippen molar-refractivity contribution in [3.63, 3.8) is 0 Å². The Morgan fingerprint density at radius 1 is 0.729 bits per heavy atom. The Morgan fingerprint density at radius 3 is 1.96 bits per heavy atom. The zero-order chi connectivity index (χ0) is 33.5. The summed E-state index contributed by atoms with van der Waals surface area (Å²) < 4.78 is 0. The molecule has 0 bridgehead atoms. The quantitative estimate of drug-likeness (QED) is 0.137. The molecule has 1 aliphatic heterocycles. The number of aromatic nitrogens is 1. The zero-order valence-electron chi connectivity index (χ0n) is 29.0. The van der Waals surface area contributed by atoms with Crippen molar-refractivity contribution in [1.82, 2.24) is 4.98 Å². The lowest BCUT2D eigenvalue weighted by Gasteiger charge is -2.21. The predicted octanol–water partition coefficient (Wildman–Crippen LogP) is 10.0. The van der Waals surface area contributed by atoms with Gasteiger partial charge in [-0.2, -0.15) is 5.10 Å². The van der Waals surface area contributed by atoms with Crippen LogP contribution in [-0.4, -0.2) is 42.9 Å². The van der Waals surface area contributed by atoms with Gasteiger partial charge in [-0.15, -0.1) is 0 Å². The maximum Gasteiger partial charge on any atom is 0.150 e. The third-order valence-corrected chi connectivity index (χ3v) is 9.35. The van der Waals surface area contributed by atoms with Crippen LogP contribution in [0, 0.1) is 6.92 Å². The van der Waals surface area contributed by atoms with Gasteiger partial charge >= 0.3 is 0 Å². The van der Waals surface area contributed by atoms with Gasteiger partial charge in [0.1, 0.15) is 5.82 Å². The monoisotopic (exact) mass is 633 g/mol. The second-order valence-corrected chi connectivity index (χ2v) is 12.3. The van der Waals surface area contributed by atoms with E-state index < -0.39 is 0 Å². The topological polar surface area (TPSA) is 35.0 Å². The van der Waals surface area contributed by atoms with E-state index in [1.807, 2.05) is 0 Å². The minimum Gasteiger partial charge on any atom is -0.372 e. The van der Waals surface area contributed by atoms with Crippen molar-refractivity contribution in [1.29, 1.82) is 0 Å². The van der Waals surface area contributed by atoms with Crippen LogP contribution in [0.1, 0.15) is 56.4 Å². The van der Waals surface area contributed by atoms with E-state index in [-0.39, 0.29) is 6.04 Å². The summed E-state index contributed by atoms with van der Waals surface area (Å²) >= 11 is 0. The Kier molecular flexibility index (Phi) is 10.4. The lowest BCUT2D eigenvalue weighted by Crippen LogP contribution is -2.25. The number of hydrazone groups is 1. The van der Waals surface area contributed by atoms with Gasteiger partial charge in [-0.3, -0.25) is 0 Å². The maximum atomic E-state index is 5.27. The van der Waals surface area contributed by atoms with E-state index in [0.29, 0.717) is 0 Å². The van der Waals surface area contributed by atoms with Gasteiger partial charge in [0.2, 0.25) is 0 Å². The number of fused-ring (bicyclic) bond motifs is 1. The van der Waals surface area contributed by atoms with Crippen molar-refractivity contribution in [3.05, 3.63) is 144 Å². The third kappa shape index (κ3) is 7.21. The van der Waals surface area contributed by atoms with E-state index in [2.05, 4.69) is 177 Å². The van der Waals surface area contributed by atoms with Crippen molar-refractivity contribution < 1.29 is 0 Å². The second kappa shape index (κ2) is 15.2. The van der Waals surface area contributed by atoms with Gasteiger partial charge in [0.05, 0.1) is 17.3 Å². The molecule has 1 unspecified atom stereocenters. The number of anilines is 3. The van der Waals surface area contributed by atoms with Crippen molar-refractivity contribution >= 4 is 45.5 Å². The van der Waals surface area contributed by atoms with Crippen molar-refractivity contribution in [2.75, 3.05) is 41.0 Å². The van der Waals surface area contributed by atoms with Gasteiger partial charge in [-0.05, 0) is 105 Å². The third-order valence-electron chi connectivity index (χ3n) is 9.35. The Bertz CT molecular complexity index is 1900. The molecule has 4 aromatic carbocycles. The number of rotatable bonds is 12. The number of aryl methyl sites for hydroxylation is 1. The standard InChI is InChI=1S/C43H47N5/c1-6-46(7-2)37-24-19-33(20-25-37)21-26-39-30-36(45-48(39)43-29-32(5)40-17-13-14-18-42(40)44-43)31-41(34-15-11-10-12-16-34)35-22-27-38(28-23-35)47(8-3)9-4/h10-29,31,39H,6-9,30H2,1-5H3. The van der Waals surface area contributed by atoms with Gasteiger partial charge in [0, 0.05) is 49.4 Å². The van der Waals surface area contributed by atoms with Crippen molar-refractivity contribution in [2.45, 2.75) is 47.1 Å². The van der Waals surface area contributed by atoms with Gasteiger partial charge in [0.25, 0.3) is 0 Å². The molecule has 0 fully saturated rings. The van der Waals surface area contributed by atoms with E-state index in [1.165, 1.54) is 44.6 Å². The molecule has 5 heteroatoms. The molecule has 0 N–H and O–H groups in total. The first-order chi connectivity index (χ1) is 23.5. The fraction of sp³-hybridized carbons (Fsp3) is 0.256. The highest BCUT2D eigenvalue weighted by Crippen LogP contribution is 2.32. The summed E-state index contributed by atoms with van der Waals surface area (Å²) in [5, 5.41) is 8.55. The summed E-state index contributed by atoms with van der Waals surface area (Å²) in [6.45, 7) is 14.9. The number of benzene rings is 4. The van der Waals surface area contributed by atoms with E-state index >= 15 is 0 Å². The predicted molar refractivity (Wildman–Crippen MR) is 207 cm³/mol. The minimum atomic E-state index is 0.0221. The average Bonchev–Trinajstić information content (AvgIpc) is 3.55. The van der Waals surface area contributed by atoms with Crippen molar-refractivity contribution in [3.8, 4) is 0 Å². The van der Waals surface area contributed by atoms with Gasteiger partial charge in [-0.1, -0.05) is 84.9 Å². The lowest BCUT2D eigenvalue weighted by molar-refractivity contribution is 0.778. The van der Waals surface area contributed by atoms with E-state index in [9.17, 15) is 0 Å². The Hall–Kier alpha value is -5.16. The largest absolute Gasteiger partial charge is 0.372 e. The molecule has 1 atom stereocenters. The molecule has 1 aliphatic rings. The molecule has 6 rings (SSSR count). The Balaban J connectivity index is 1.38. The summed E-state index contributed by atoms with van der Waals surface area (Å²) in [5.41, 5.74) is 10.4.